The zero-order chi connectivity index (χ0) is 12.4. The maximum absolute atomic E-state index is 12.1. The topological polar surface area (TPSA) is 77.2 Å². The first kappa shape index (κ1) is 11.8. The summed E-state index contributed by atoms with van der Waals surface area (Å²) < 4.78 is 22.9. The molecule has 2 unspecified atom stereocenters. The van der Waals surface area contributed by atoms with Gasteiger partial charge in [0.2, 0.25) is 10.0 Å². The minimum absolute atomic E-state index is 0.00669. The van der Waals surface area contributed by atoms with Crippen molar-refractivity contribution < 1.29 is 13.2 Å². The number of primary sulfonamides is 1. The first-order valence-corrected chi connectivity index (χ1v) is 6.94. The van der Waals surface area contributed by atoms with E-state index in [4.69, 9.17) is 5.14 Å². The van der Waals surface area contributed by atoms with E-state index >= 15 is 0 Å². The molecule has 0 aromatic heterocycles. The molecule has 16 heavy (non-hydrogen) atoms. The molecule has 0 spiro atoms. The van der Waals surface area contributed by atoms with Crippen molar-refractivity contribution in [3.8, 4) is 0 Å². The van der Waals surface area contributed by atoms with Crippen LogP contribution in [0.3, 0.4) is 0 Å². The fraction of sp³-hybridized carbons (Fsp3) is 0.727. The smallest absolute Gasteiger partial charge is 0.234 e. The van der Waals surface area contributed by atoms with Crippen molar-refractivity contribution >= 4 is 15.8 Å². The van der Waals surface area contributed by atoms with Crippen LogP contribution >= 0.6 is 0 Å². The summed E-state index contributed by atoms with van der Waals surface area (Å²) >= 11 is 0. The largest absolute Gasteiger partial charge is 0.299 e. The second-order valence-electron chi connectivity index (χ2n) is 5.46. The lowest BCUT2D eigenvalue weighted by Crippen LogP contribution is -2.41. The number of carbonyl (C=O) groups excluding carboxylic acids is 1. The molecule has 2 fully saturated rings. The molecule has 2 aliphatic carbocycles. The lowest BCUT2D eigenvalue weighted by atomic mass is 9.69. The van der Waals surface area contributed by atoms with Gasteiger partial charge >= 0.3 is 0 Å². The van der Waals surface area contributed by atoms with Crippen LogP contribution in [0.5, 0.6) is 0 Å². The van der Waals surface area contributed by atoms with Crippen LogP contribution in [0.15, 0.2) is 11.5 Å². The van der Waals surface area contributed by atoms with Crippen LogP contribution in [0, 0.1) is 16.7 Å². The SMILES string of the molecule is C=C(C12CCC(CC1=O)C2(C)C)S(N)(=O)=O. The lowest BCUT2D eigenvalue weighted by molar-refractivity contribution is -0.126. The summed E-state index contributed by atoms with van der Waals surface area (Å²) in [5, 5.41) is 5.14. The number of rotatable bonds is 2. The van der Waals surface area contributed by atoms with Crippen molar-refractivity contribution in [2.24, 2.45) is 21.9 Å². The van der Waals surface area contributed by atoms with E-state index < -0.39 is 15.4 Å². The standard InChI is InChI=1S/C11H17NO3S/c1-7(16(12,14)15)11-5-4-8(6-9(11)13)10(11,2)3/h8H,1,4-6H2,2-3H3,(H2,12,14,15). The highest BCUT2D eigenvalue weighted by molar-refractivity contribution is 7.93. The molecule has 90 valence electrons. The van der Waals surface area contributed by atoms with Crippen LogP contribution in [0.1, 0.15) is 33.1 Å². The number of fused-ring (bicyclic) bond motifs is 2. The van der Waals surface area contributed by atoms with Crippen LogP contribution in [0.25, 0.3) is 0 Å². The summed E-state index contributed by atoms with van der Waals surface area (Å²) in [6.07, 6.45) is 1.91. The molecule has 2 atom stereocenters. The number of carbonyl (C=O) groups is 1. The van der Waals surface area contributed by atoms with Gasteiger partial charge in [0.1, 0.15) is 5.78 Å². The van der Waals surface area contributed by atoms with E-state index in [0.717, 1.165) is 6.42 Å². The second kappa shape index (κ2) is 2.96. The van der Waals surface area contributed by atoms with Crippen LogP contribution < -0.4 is 5.14 Å². The Morgan fingerprint density at radius 3 is 2.38 bits per heavy atom. The highest BCUT2D eigenvalue weighted by Gasteiger charge is 2.66. The highest BCUT2D eigenvalue weighted by Crippen LogP contribution is 2.67. The zero-order valence-electron chi connectivity index (χ0n) is 9.62. The third kappa shape index (κ3) is 1.13. The lowest BCUT2D eigenvalue weighted by Gasteiger charge is -2.36. The van der Waals surface area contributed by atoms with Crippen molar-refractivity contribution in [2.75, 3.05) is 0 Å². The Labute approximate surface area is 95.9 Å². The van der Waals surface area contributed by atoms with Crippen molar-refractivity contribution in [3.05, 3.63) is 11.5 Å². The fourth-order valence-electron chi connectivity index (χ4n) is 3.57. The van der Waals surface area contributed by atoms with Gasteiger partial charge in [0.25, 0.3) is 0 Å². The highest BCUT2D eigenvalue weighted by atomic mass is 32.2. The van der Waals surface area contributed by atoms with E-state index in [2.05, 4.69) is 6.58 Å². The van der Waals surface area contributed by atoms with Gasteiger partial charge in [-0.1, -0.05) is 20.4 Å². The van der Waals surface area contributed by atoms with E-state index in [9.17, 15) is 13.2 Å². The number of Topliss-reactive ketones (excluding diaryl/α,β-unsaturated/α-hetero) is 1. The molecule has 0 aromatic rings. The van der Waals surface area contributed by atoms with Crippen LogP contribution in [0.2, 0.25) is 0 Å². The van der Waals surface area contributed by atoms with Gasteiger partial charge < -0.3 is 0 Å². The predicted molar refractivity (Wildman–Crippen MR) is 60.8 cm³/mol. The summed E-state index contributed by atoms with van der Waals surface area (Å²) in [5.41, 5.74) is -1.28. The Bertz CT molecular complexity index is 477. The number of hydrogen-bond acceptors (Lipinski definition) is 3. The Kier molecular flexibility index (Phi) is 2.18. The Morgan fingerprint density at radius 1 is 1.50 bits per heavy atom. The Balaban J connectivity index is 2.60. The molecular weight excluding hydrogens is 226 g/mol. The van der Waals surface area contributed by atoms with E-state index in [1.54, 1.807) is 0 Å². The normalized spacial score (nSPS) is 36.7. The molecule has 2 bridgehead atoms. The van der Waals surface area contributed by atoms with Gasteiger partial charge in [0.15, 0.2) is 0 Å². The molecule has 2 rings (SSSR count). The number of sulfonamides is 1. The summed E-state index contributed by atoms with van der Waals surface area (Å²) in [4.78, 5) is 12.0. The zero-order valence-corrected chi connectivity index (χ0v) is 10.4. The van der Waals surface area contributed by atoms with Crippen molar-refractivity contribution in [3.63, 3.8) is 0 Å². The molecule has 2 N–H and O–H groups in total. The maximum atomic E-state index is 12.1. The first-order valence-electron chi connectivity index (χ1n) is 5.39. The third-order valence-electron chi connectivity index (χ3n) is 4.72. The van der Waals surface area contributed by atoms with Gasteiger partial charge in [-0.15, -0.1) is 0 Å². The number of nitrogens with two attached hydrogens (primary N) is 1. The van der Waals surface area contributed by atoms with Gasteiger partial charge in [-0.05, 0) is 24.2 Å². The number of hydrogen-bond donors (Lipinski definition) is 1. The number of allylic oxidation sites excluding steroid dienone is 1. The van der Waals surface area contributed by atoms with E-state index in [1.807, 2.05) is 13.8 Å². The summed E-state index contributed by atoms with van der Waals surface area (Å²) in [6.45, 7) is 7.49. The minimum atomic E-state index is -3.85. The third-order valence-corrected chi connectivity index (χ3v) is 5.75. The molecule has 0 heterocycles. The van der Waals surface area contributed by atoms with Crippen molar-refractivity contribution in [1.29, 1.82) is 0 Å². The molecule has 0 aromatic carbocycles. The molecule has 4 nitrogen and oxygen atoms in total. The molecule has 0 aliphatic heterocycles. The van der Waals surface area contributed by atoms with Gasteiger partial charge in [-0.3, -0.25) is 4.79 Å². The van der Waals surface area contributed by atoms with E-state index in [0.29, 0.717) is 12.8 Å². The van der Waals surface area contributed by atoms with Gasteiger partial charge in [0.05, 0.1) is 10.3 Å². The van der Waals surface area contributed by atoms with Crippen LogP contribution in [0.4, 0.5) is 0 Å². The molecule has 2 aliphatic rings. The fourth-order valence-corrected chi connectivity index (χ4v) is 4.54. The average Bonchev–Trinajstić information content (AvgIpc) is 2.48. The Hall–Kier alpha value is -0.680. The Morgan fingerprint density at radius 2 is 2.06 bits per heavy atom. The minimum Gasteiger partial charge on any atom is -0.299 e. The predicted octanol–water partition coefficient (Wildman–Crippen LogP) is 1.18. The van der Waals surface area contributed by atoms with Crippen LogP contribution in [-0.2, 0) is 14.8 Å². The molecular formula is C11H17NO3S. The van der Waals surface area contributed by atoms with Crippen molar-refractivity contribution in [2.45, 2.75) is 33.1 Å². The summed E-state index contributed by atoms with van der Waals surface area (Å²) in [6, 6.07) is 0. The average molecular weight is 243 g/mol. The summed E-state index contributed by atoms with van der Waals surface area (Å²) in [7, 11) is -3.85. The first-order chi connectivity index (χ1) is 7.14. The molecule has 0 radical (unpaired) electrons. The quantitative estimate of drug-likeness (QED) is 0.791. The van der Waals surface area contributed by atoms with E-state index in [-0.39, 0.29) is 22.0 Å². The molecule has 5 heteroatoms. The van der Waals surface area contributed by atoms with E-state index in [1.165, 1.54) is 0 Å². The van der Waals surface area contributed by atoms with Gasteiger partial charge in [0, 0.05) is 6.42 Å². The van der Waals surface area contributed by atoms with Crippen LogP contribution in [-0.4, -0.2) is 14.2 Å². The van der Waals surface area contributed by atoms with Gasteiger partial charge in [-0.25, -0.2) is 13.6 Å². The summed E-state index contributed by atoms with van der Waals surface area (Å²) in [5.74, 6) is 0.256. The second-order valence-corrected chi connectivity index (χ2v) is 7.04. The van der Waals surface area contributed by atoms with Crippen molar-refractivity contribution in [1.82, 2.24) is 0 Å². The molecule has 0 saturated heterocycles. The number of ketones is 1. The molecule has 0 amide bonds. The molecule has 2 saturated carbocycles. The monoisotopic (exact) mass is 243 g/mol. The maximum Gasteiger partial charge on any atom is 0.234 e. The van der Waals surface area contributed by atoms with Gasteiger partial charge in [-0.2, -0.15) is 0 Å².